The number of halogens is 2. The van der Waals surface area contributed by atoms with Crippen molar-refractivity contribution >= 4 is 39.1 Å². The van der Waals surface area contributed by atoms with E-state index >= 15 is 0 Å². The van der Waals surface area contributed by atoms with Crippen LogP contribution >= 0.6 is 0 Å². The molecule has 5 rings (SSSR count). The molecule has 1 atom stereocenters. The van der Waals surface area contributed by atoms with Crippen LogP contribution in [0.25, 0.3) is 11.1 Å². The Morgan fingerprint density at radius 1 is 1.16 bits per heavy atom. The zero-order chi connectivity index (χ0) is 35.7. The first-order chi connectivity index (χ1) is 22.9. The number of ether oxygens (including phenoxy) is 1. The number of amides is 3. The minimum absolute atomic E-state index is 0.0324. The molecule has 1 saturated heterocycles. The third kappa shape index (κ3) is 8.99. The predicted octanol–water partition coefficient (Wildman–Crippen LogP) is 6.32. The number of carbonyl (C=O) groups excluding carboxylic acids is 3. The zero-order valence-corrected chi connectivity index (χ0v) is 29.5. The topological polar surface area (TPSA) is 139 Å². The Kier molecular flexibility index (Phi) is 10.1. The maximum atomic E-state index is 14.3. The number of alkyl halides is 2. The van der Waals surface area contributed by atoms with Crippen LogP contribution in [-0.2, 0) is 19.3 Å². The van der Waals surface area contributed by atoms with Crippen molar-refractivity contribution in [3.8, 4) is 11.1 Å². The summed E-state index contributed by atoms with van der Waals surface area (Å²) in [6.07, 6.45) is 7.65. The largest absolute Gasteiger partial charge is 0.444 e. The van der Waals surface area contributed by atoms with Gasteiger partial charge >= 0.3 is 6.09 Å². The summed E-state index contributed by atoms with van der Waals surface area (Å²) < 4.78 is 53.3. The molecule has 3 heterocycles. The number of pyridine rings is 1. The number of likely N-dealkylation sites (N-methyl/N-ethyl adjacent to an activating group) is 1. The van der Waals surface area contributed by atoms with Crippen LogP contribution in [-0.4, -0.2) is 86.2 Å². The number of carbonyl (C=O) groups is 3. The SMILES string of the molecule is Cc1c(-c2cnn(C3CC3)c2)cnc(N2CCCC(F)(F)CC2)c1C(=O)Nc1cccc([S@@](C)(=O)=NC(=O)CN(C)C(=O)OC(C)(C)C)c1. The van der Waals surface area contributed by atoms with Crippen LogP contribution in [0.1, 0.15) is 74.8 Å². The van der Waals surface area contributed by atoms with Crippen molar-refractivity contribution in [1.82, 2.24) is 19.7 Å². The first-order valence-electron chi connectivity index (χ1n) is 16.2. The Hall–Kier alpha value is -4.40. The van der Waals surface area contributed by atoms with E-state index in [2.05, 4.69) is 19.8 Å². The van der Waals surface area contributed by atoms with Crippen molar-refractivity contribution in [3.63, 3.8) is 0 Å². The van der Waals surface area contributed by atoms with Gasteiger partial charge in [-0.05, 0) is 70.7 Å². The van der Waals surface area contributed by atoms with Gasteiger partial charge in [-0.3, -0.25) is 14.3 Å². The fourth-order valence-corrected chi connectivity index (χ4v) is 6.80. The number of benzene rings is 1. The number of rotatable bonds is 8. The van der Waals surface area contributed by atoms with E-state index in [0.29, 0.717) is 29.5 Å². The molecule has 1 aliphatic heterocycles. The molecule has 2 aromatic heterocycles. The molecule has 1 saturated carbocycles. The Bertz CT molecular complexity index is 1880. The molecule has 1 aromatic carbocycles. The molecule has 3 aromatic rings. The number of nitrogens with zero attached hydrogens (tertiary/aromatic N) is 6. The van der Waals surface area contributed by atoms with E-state index in [9.17, 15) is 27.4 Å². The van der Waals surface area contributed by atoms with E-state index in [4.69, 9.17) is 4.74 Å². The highest BCUT2D eigenvalue weighted by molar-refractivity contribution is 7.93. The van der Waals surface area contributed by atoms with Gasteiger partial charge in [0, 0.05) is 73.3 Å². The van der Waals surface area contributed by atoms with Gasteiger partial charge < -0.3 is 19.9 Å². The van der Waals surface area contributed by atoms with Crippen molar-refractivity contribution < 1.29 is 32.1 Å². The molecule has 0 radical (unpaired) electrons. The van der Waals surface area contributed by atoms with Gasteiger partial charge in [-0.15, -0.1) is 0 Å². The van der Waals surface area contributed by atoms with Crippen LogP contribution in [0.3, 0.4) is 0 Å². The smallest absolute Gasteiger partial charge is 0.410 e. The van der Waals surface area contributed by atoms with Crippen molar-refractivity contribution in [1.29, 1.82) is 0 Å². The van der Waals surface area contributed by atoms with Gasteiger partial charge in [0.1, 0.15) is 18.0 Å². The van der Waals surface area contributed by atoms with Crippen molar-refractivity contribution in [3.05, 3.63) is 54.0 Å². The second kappa shape index (κ2) is 13.8. The number of aromatic nitrogens is 3. The minimum atomic E-state index is -3.29. The lowest BCUT2D eigenvalue weighted by atomic mass is 9.99. The quantitative estimate of drug-likeness (QED) is 0.289. The average Bonchev–Trinajstić information content (AvgIpc) is 3.77. The first kappa shape index (κ1) is 35.9. The highest BCUT2D eigenvalue weighted by atomic mass is 32.2. The number of hydrogen-bond donors (Lipinski definition) is 1. The summed E-state index contributed by atoms with van der Waals surface area (Å²) >= 11 is 0. The van der Waals surface area contributed by atoms with Crippen molar-refractivity contribution in [2.24, 2.45) is 4.36 Å². The van der Waals surface area contributed by atoms with Gasteiger partial charge in [-0.1, -0.05) is 6.07 Å². The summed E-state index contributed by atoms with van der Waals surface area (Å²) in [6, 6.07) is 6.53. The molecule has 264 valence electrons. The second-order valence-corrected chi connectivity index (χ2v) is 16.0. The number of nitrogens with one attached hydrogen (secondary N) is 1. The maximum absolute atomic E-state index is 14.3. The third-order valence-corrected chi connectivity index (χ3v) is 9.96. The van der Waals surface area contributed by atoms with Gasteiger partial charge in [-0.25, -0.2) is 22.8 Å². The summed E-state index contributed by atoms with van der Waals surface area (Å²) in [5, 5.41) is 7.34. The third-order valence-electron chi connectivity index (χ3n) is 8.28. The van der Waals surface area contributed by atoms with Crippen LogP contribution in [0.2, 0.25) is 0 Å². The van der Waals surface area contributed by atoms with Gasteiger partial charge in [0.2, 0.25) is 5.92 Å². The molecular formula is C34H43F2N7O5S. The Morgan fingerprint density at radius 3 is 2.59 bits per heavy atom. The van der Waals surface area contributed by atoms with Crippen molar-refractivity contribution in [2.75, 3.05) is 43.2 Å². The van der Waals surface area contributed by atoms with E-state index in [-0.39, 0.29) is 42.0 Å². The van der Waals surface area contributed by atoms with E-state index in [0.717, 1.165) is 23.3 Å². The lowest BCUT2D eigenvalue weighted by Crippen LogP contribution is -2.37. The summed E-state index contributed by atoms with van der Waals surface area (Å²) in [5.41, 5.74) is 1.85. The van der Waals surface area contributed by atoms with Crippen molar-refractivity contribution in [2.45, 2.75) is 82.3 Å². The van der Waals surface area contributed by atoms with Gasteiger partial charge in [0.25, 0.3) is 11.8 Å². The molecule has 49 heavy (non-hydrogen) atoms. The van der Waals surface area contributed by atoms with Crippen LogP contribution in [0.5, 0.6) is 0 Å². The van der Waals surface area contributed by atoms with Crippen LogP contribution < -0.4 is 10.2 Å². The highest BCUT2D eigenvalue weighted by Gasteiger charge is 2.34. The number of anilines is 2. The monoisotopic (exact) mass is 699 g/mol. The molecule has 0 unspecified atom stereocenters. The highest BCUT2D eigenvalue weighted by Crippen LogP contribution is 2.37. The van der Waals surface area contributed by atoms with Crippen LogP contribution in [0.4, 0.5) is 25.1 Å². The van der Waals surface area contributed by atoms with E-state index in [1.165, 1.54) is 25.4 Å². The standard InChI is InChI=1S/C34H43F2N7O5S/c1-22-27(23-18-38-43(20-23)25-11-12-25)19-37-30(42-15-8-13-34(35,36)14-16-42)29(22)31(45)39-24-9-7-10-26(17-24)49(6,47)40-28(44)21-41(5)32(46)48-33(2,3)4/h7,9-10,17-20,25H,8,11-16,21H2,1-6H3,(H,39,45)/t49-/m1/s1. The summed E-state index contributed by atoms with van der Waals surface area (Å²) in [7, 11) is -1.90. The molecular weight excluding hydrogens is 656 g/mol. The van der Waals surface area contributed by atoms with Gasteiger partial charge in [-0.2, -0.15) is 9.46 Å². The van der Waals surface area contributed by atoms with Gasteiger partial charge in [0.15, 0.2) is 0 Å². The fraction of sp³-hybridized carbons (Fsp3) is 0.500. The Labute approximate surface area is 285 Å². The summed E-state index contributed by atoms with van der Waals surface area (Å²) in [4.78, 5) is 46.7. The Morgan fingerprint density at radius 2 is 1.90 bits per heavy atom. The van der Waals surface area contributed by atoms with E-state index < -0.39 is 45.7 Å². The van der Waals surface area contributed by atoms with Crippen LogP contribution in [0.15, 0.2) is 52.1 Å². The van der Waals surface area contributed by atoms with Gasteiger partial charge in [0.05, 0.1) is 27.5 Å². The molecule has 0 spiro atoms. The summed E-state index contributed by atoms with van der Waals surface area (Å²) in [5.74, 6) is -3.81. The molecule has 1 aliphatic carbocycles. The zero-order valence-electron chi connectivity index (χ0n) is 28.7. The first-order valence-corrected chi connectivity index (χ1v) is 18.1. The fourth-order valence-electron chi connectivity index (χ4n) is 5.57. The normalized spacial score (nSPS) is 17.4. The lowest BCUT2D eigenvalue weighted by molar-refractivity contribution is -0.118. The molecule has 12 nitrogen and oxygen atoms in total. The molecule has 0 bridgehead atoms. The molecule has 2 aliphatic rings. The molecule has 2 fully saturated rings. The molecule has 1 N–H and O–H groups in total. The lowest BCUT2D eigenvalue weighted by Gasteiger charge is -2.26. The Balaban J connectivity index is 1.42. The predicted molar refractivity (Wildman–Crippen MR) is 183 cm³/mol. The average molecular weight is 700 g/mol. The van der Waals surface area contributed by atoms with Crippen LogP contribution in [0, 0.1) is 6.92 Å². The van der Waals surface area contributed by atoms with E-state index in [1.54, 1.807) is 57.1 Å². The second-order valence-electron chi connectivity index (χ2n) is 13.7. The maximum Gasteiger partial charge on any atom is 0.410 e. The number of hydrogen-bond acceptors (Lipinski definition) is 8. The molecule has 15 heteroatoms. The molecule has 3 amide bonds. The van der Waals surface area contributed by atoms with E-state index in [1.807, 2.05) is 10.9 Å². The summed E-state index contributed by atoms with van der Waals surface area (Å²) in [6.45, 7) is 6.80. The minimum Gasteiger partial charge on any atom is -0.444 e.